The summed E-state index contributed by atoms with van der Waals surface area (Å²) in [6, 6.07) is 0. The molecule has 0 atom stereocenters. The molecule has 0 spiro atoms. The van der Waals surface area contributed by atoms with Crippen LogP contribution >= 0.6 is 0 Å². The summed E-state index contributed by atoms with van der Waals surface area (Å²) in [6.07, 6.45) is 0.0384. The Morgan fingerprint density at radius 3 is 2.80 bits per heavy atom. The number of allylic oxidation sites excluding steroid dienone is 2. The molecule has 0 N–H and O–H groups in total. The van der Waals surface area contributed by atoms with Crippen molar-refractivity contribution >= 4 is 5.97 Å². The van der Waals surface area contributed by atoms with Gasteiger partial charge in [0.05, 0.1) is 7.11 Å². The monoisotopic (exact) mass is 221 g/mol. The van der Waals surface area contributed by atoms with E-state index in [-0.39, 0.29) is 12.2 Å². The van der Waals surface area contributed by atoms with Crippen LogP contribution in [0.25, 0.3) is 0 Å². The summed E-state index contributed by atoms with van der Waals surface area (Å²) < 4.78 is 40.8. The third-order valence-corrected chi connectivity index (χ3v) is 1.82. The highest BCUT2D eigenvalue weighted by Crippen LogP contribution is 2.21. The molecular formula is C9H10F3NO2. The first-order valence-corrected chi connectivity index (χ1v) is 4.21. The van der Waals surface area contributed by atoms with Gasteiger partial charge in [-0.3, -0.25) is 0 Å². The molecule has 1 aliphatic rings. The molecule has 3 nitrogen and oxygen atoms in total. The Labute approximate surface area is 84.8 Å². The van der Waals surface area contributed by atoms with Gasteiger partial charge in [-0.05, 0) is 6.08 Å². The molecule has 0 unspecified atom stereocenters. The summed E-state index contributed by atoms with van der Waals surface area (Å²) in [4.78, 5) is 12.1. The van der Waals surface area contributed by atoms with E-state index in [4.69, 9.17) is 0 Å². The molecule has 0 radical (unpaired) electrons. The van der Waals surface area contributed by atoms with Crippen LogP contribution in [0.1, 0.15) is 0 Å². The van der Waals surface area contributed by atoms with Crippen LogP contribution in [0.3, 0.4) is 0 Å². The van der Waals surface area contributed by atoms with E-state index in [1.165, 1.54) is 18.2 Å². The second-order valence-electron chi connectivity index (χ2n) is 2.97. The molecule has 0 aromatic rings. The molecule has 0 aromatic heterocycles. The lowest BCUT2D eigenvalue weighted by atomic mass is 10.2. The SMILES string of the molecule is COC(=O)C1=CC=CCN1CC(F)(F)F. The van der Waals surface area contributed by atoms with E-state index in [1.807, 2.05) is 0 Å². The van der Waals surface area contributed by atoms with Crippen LogP contribution in [-0.2, 0) is 9.53 Å². The number of methoxy groups -OCH3 is 1. The van der Waals surface area contributed by atoms with Gasteiger partial charge in [0.2, 0.25) is 0 Å². The molecule has 0 saturated heterocycles. The molecular weight excluding hydrogens is 211 g/mol. The topological polar surface area (TPSA) is 29.5 Å². The molecule has 0 saturated carbocycles. The average Bonchev–Trinajstić information content (AvgIpc) is 2.15. The Morgan fingerprint density at radius 2 is 2.27 bits per heavy atom. The molecule has 1 heterocycles. The summed E-state index contributed by atoms with van der Waals surface area (Å²) in [6.45, 7) is -1.10. The van der Waals surface area contributed by atoms with Crippen LogP contribution in [0.4, 0.5) is 13.2 Å². The number of ether oxygens (including phenoxy) is 1. The average molecular weight is 221 g/mol. The van der Waals surface area contributed by atoms with E-state index in [2.05, 4.69) is 4.74 Å². The predicted octanol–water partition coefficient (Wildman–Crippen LogP) is 1.48. The van der Waals surface area contributed by atoms with Gasteiger partial charge in [-0.2, -0.15) is 13.2 Å². The molecule has 0 aromatic carbocycles. The summed E-state index contributed by atoms with van der Waals surface area (Å²) in [7, 11) is 1.13. The molecule has 0 fully saturated rings. The summed E-state index contributed by atoms with van der Waals surface area (Å²) in [5.41, 5.74) is -0.0719. The number of hydrogen-bond acceptors (Lipinski definition) is 3. The van der Waals surface area contributed by atoms with Crippen molar-refractivity contribution in [2.75, 3.05) is 20.2 Å². The lowest BCUT2D eigenvalue weighted by Crippen LogP contribution is -2.37. The first kappa shape index (κ1) is 11.6. The Bertz CT molecular complexity index is 307. The van der Waals surface area contributed by atoms with Crippen LogP contribution in [0, 0.1) is 0 Å². The number of carbonyl (C=O) groups is 1. The van der Waals surface area contributed by atoms with Crippen LogP contribution in [-0.4, -0.2) is 37.2 Å². The Kier molecular flexibility index (Phi) is 3.39. The van der Waals surface area contributed by atoms with Gasteiger partial charge >= 0.3 is 12.1 Å². The van der Waals surface area contributed by atoms with Crippen molar-refractivity contribution in [1.82, 2.24) is 4.90 Å². The highest BCUT2D eigenvalue weighted by molar-refractivity contribution is 5.88. The van der Waals surface area contributed by atoms with Crippen molar-refractivity contribution in [2.45, 2.75) is 6.18 Å². The van der Waals surface area contributed by atoms with Gasteiger partial charge in [0.1, 0.15) is 12.2 Å². The minimum Gasteiger partial charge on any atom is -0.464 e. The van der Waals surface area contributed by atoms with Crippen molar-refractivity contribution in [2.24, 2.45) is 0 Å². The van der Waals surface area contributed by atoms with E-state index < -0.39 is 18.7 Å². The molecule has 0 amide bonds. The van der Waals surface area contributed by atoms with Crippen LogP contribution in [0.15, 0.2) is 23.9 Å². The maximum absolute atomic E-state index is 12.1. The first-order valence-electron chi connectivity index (χ1n) is 4.21. The van der Waals surface area contributed by atoms with Gasteiger partial charge in [-0.25, -0.2) is 4.79 Å². The first-order chi connectivity index (χ1) is 6.94. The lowest BCUT2D eigenvalue weighted by Gasteiger charge is -2.27. The van der Waals surface area contributed by atoms with Gasteiger partial charge < -0.3 is 9.64 Å². The van der Waals surface area contributed by atoms with E-state index in [0.29, 0.717) is 0 Å². The molecule has 1 aliphatic heterocycles. The predicted molar refractivity (Wildman–Crippen MR) is 46.9 cm³/mol. The van der Waals surface area contributed by atoms with Crippen molar-refractivity contribution < 1.29 is 22.7 Å². The zero-order valence-corrected chi connectivity index (χ0v) is 8.04. The second-order valence-corrected chi connectivity index (χ2v) is 2.97. The lowest BCUT2D eigenvalue weighted by molar-refractivity contribution is -0.148. The number of esters is 1. The number of halogens is 3. The maximum Gasteiger partial charge on any atom is 0.405 e. The fraction of sp³-hybridized carbons (Fsp3) is 0.444. The highest BCUT2D eigenvalue weighted by atomic mass is 19.4. The Morgan fingerprint density at radius 1 is 1.60 bits per heavy atom. The number of nitrogens with zero attached hydrogens (tertiary/aromatic N) is 1. The zero-order valence-electron chi connectivity index (χ0n) is 8.04. The van der Waals surface area contributed by atoms with Gasteiger partial charge in [0.25, 0.3) is 0 Å². The smallest absolute Gasteiger partial charge is 0.405 e. The maximum atomic E-state index is 12.1. The largest absolute Gasteiger partial charge is 0.464 e. The second kappa shape index (κ2) is 4.37. The number of rotatable bonds is 2. The number of carbonyl (C=O) groups excluding carboxylic acids is 1. The molecule has 0 aliphatic carbocycles. The van der Waals surface area contributed by atoms with E-state index in [0.717, 1.165) is 12.0 Å². The summed E-state index contributed by atoms with van der Waals surface area (Å²) >= 11 is 0. The van der Waals surface area contributed by atoms with E-state index >= 15 is 0 Å². The molecule has 84 valence electrons. The van der Waals surface area contributed by atoms with Crippen LogP contribution in [0.5, 0.6) is 0 Å². The van der Waals surface area contributed by atoms with Gasteiger partial charge in [-0.15, -0.1) is 0 Å². The Hall–Kier alpha value is -1.46. The molecule has 15 heavy (non-hydrogen) atoms. The number of alkyl halides is 3. The summed E-state index contributed by atoms with van der Waals surface area (Å²) in [5, 5.41) is 0. The van der Waals surface area contributed by atoms with Gasteiger partial charge in [0.15, 0.2) is 0 Å². The number of hydrogen-bond donors (Lipinski definition) is 0. The zero-order chi connectivity index (χ0) is 11.5. The standard InChI is InChI=1S/C9H10F3NO2/c1-15-8(14)7-4-2-3-5-13(7)6-9(10,11)12/h2-4H,5-6H2,1H3. The van der Waals surface area contributed by atoms with Gasteiger partial charge in [0, 0.05) is 6.54 Å². The minimum absolute atomic E-state index is 0.0560. The fourth-order valence-electron chi connectivity index (χ4n) is 1.22. The normalized spacial score (nSPS) is 16.3. The van der Waals surface area contributed by atoms with Crippen LogP contribution < -0.4 is 0 Å². The van der Waals surface area contributed by atoms with Crippen molar-refractivity contribution in [1.29, 1.82) is 0 Å². The fourth-order valence-corrected chi connectivity index (χ4v) is 1.22. The minimum atomic E-state index is -4.34. The quantitative estimate of drug-likeness (QED) is 0.661. The molecule has 6 heteroatoms. The Balaban J connectivity index is 2.77. The van der Waals surface area contributed by atoms with Crippen LogP contribution in [0.2, 0.25) is 0 Å². The van der Waals surface area contributed by atoms with Gasteiger partial charge in [-0.1, -0.05) is 12.2 Å². The molecule has 1 rings (SSSR count). The summed E-state index contributed by atoms with van der Waals surface area (Å²) in [5.74, 6) is -0.761. The van der Waals surface area contributed by atoms with Crippen molar-refractivity contribution in [3.8, 4) is 0 Å². The van der Waals surface area contributed by atoms with E-state index in [1.54, 1.807) is 0 Å². The third kappa shape index (κ3) is 3.30. The van der Waals surface area contributed by atoms with E-state index in [9.17, 15) is 18.0 Å². The highest BCUT2D eigenvalue weighted by Gasteiger charge is 2.33. The third-order valence-electron chi connectivity index (χ3n) is 1.82. The van der Waals surface area contributed by atoms with Crippen molar-refractivity contribution in [3.05, 3.63) is 23.9 Å². The molecule has 0 bridgehead atoms. The van der Waals surface area contributed by atoms with Crippen molar-refractivity contribution in [3.63, 3.8) is 0 Å².